The standard InChI is InChI=1S/C12H12N6O/c1-2-12(19)15-11-7-14-9-3-4-10(16-18(9)11)17-6-5-13-8-17/h3-8H,2H2,1H3,(H,15,19). The van der Waals surface area contributed by atoms with E-state index in [4.69, 9.17) is 0 Å². The minimum absolute atomic E-state index is 0.0726. The third-order valence-corrected chi connectivity index (χ3v) is 2.71. The number of aromatic nitrogens is 5. The van der Waals surface area contributed by atoms with Gasteiger partial charge in [-0.1, -0.05) is 6.92 Å². The first-order valence-corrected chi connectivity index (χ1v) is 5.91. The van der Waals surface area contributed by atoms with Gasteiger partial charge in [-0.2, -0.15) is 4.52 Å². The van der Waals surface area contributed by atoms with Gasteiger partial charge in [0.15, 0.2) is 17.3 Å². The van der Waals surface area contributed by atoms with Crippen LogP contribution < -0.4 is 5.32 Å². The van der Waals surface area contributed by atoms with Crippen LogP contribution in [0.25, 0.3) is 11.5 Å². The molecule has 3 aromatic heterocycles. The van der Waals surface area contributed by atoms with Crippen molar-refractivity contribution in [3.05, 3.63) is 37.1 Å². The molecule has 1 amide bonds. The highest BCUT2D eigenvalue weighted by Gasteiger charge is 2.08. The first kappa shape index (κ1) is 11.4. The summed E-state index contributed by atoms with van der Waals surface area (Å²) < 4.78 is 3.38. The van der Waals surface area contributed by atoms with E-state index in [1.54, 1.807) is 40.9 Å². The maximum absolute atomic E-state index is 11.4. The van der Waals surface area contributed by atoms with Crippen LogP contribution in [-0.2, 0) is 4.79 Å². The van der Waals surface area contributed by atoms with Crippen LogP contribution in [0.1, 0.15) is 13.3 Å². The SMILES string of the molecule is CCC(=O)Nc1cnc2ccc(-n3ccnc3)nn12. The molecule has 19 heavy (non-hydrogen) atoms. The molecular weight excluding hydrogens is 244 g/mol. The first-order valence-electron chi connectivity index (χ1n) is 5.91. The molecule has 1 N–H and O–H groups in total. The fourth-order valence-electron chi connectivity index (χ4n) is 1.71. The lowest BCUT2D eigenvalue weighted by Crippen LogP contribution is -2.12. The molecule has 0 aliphatic heterocycles. The van der Waals surface area contributed by atoms with Crippen LogP contribution in [0, 0.1) is 0 Å². The summed E-state index contributed by atoms with van der Waals surface area (Å²) in [6, 6.07) is 3.68. The average molecular weight is 256 g/mol. The Labute approximate surface area is 108 Å². The molecule has 0 unspecified atom stereocenters. The third-order valence-electron chi connectivity index (χ3n) is 2.71. The van der Waals surface area contributed by atoms with Crippen molar-refractivity contribution in [1.82, 2.24) is 24.1 Å². The van der Waals surface area contributed by atoms with Crippen molar-refractivity contribution in [2.75, 3.05) is 5.32 Å². The van der Waals surface area contributed by atoms with Crippen molar-refractivity contribution >= 4 is 17.4 Å². The third kappa shape index (κ3) is 2.05. The molecular formula is C12H12N6O. The molecule has 0 saturated heterocycles. The lowest BCUT2D eigenvalue weighted by molar-refractivity contribution is -0.115. The maximum Gasteiger partial charge on any atom is 0.225 e. The fourth-order valence-corrected chi connectivity index (χ4v) is 1.71. The highest BCUT2D eigenvalue weighted by atomic mass is 16.1. The van der Waals surface area contributed by atoms with E-state index < -0.39 is 0 Å². The molecule has 0 radical (unpaired) electrons. The molecule has 0 bridgehead atoms. The monoisotopic (exact) mass is 256 g/mol. The maximum atomic E-state index is 11.4. The number of amides is 1. The van der Waals surface area contributed by atoms with Crippen LogP contribution in [0.2, 0.25) is 0 Å². The van der Waals surface area contributed by atoms with Gasteiger partial charge in [-0.15, -0.1) is 5.10 Å². The number of rotatable bonds is 3. The predicted molar refractivity (Wildman–Crippen MR) is 69.0 cm³/mol. The van der Waals surface area contributed by atoms with Gasteiger partial charge in [0.25, 0.3) is 0 Å². The molecule has 7 heteroatoms. The Morgan fingerprint density at radius 3 is 3.05 bits per heavy atom. The molecule has 0 aliphatic carbocycles. The van der Waals surface area contributed by atoms with Crippen LogP contribution >= 0.6 is 0 Å². The van der Waals surface area contributed by atoms with Crippen molar-refractivity contribution in [3.8, 4) is 5.82 Å². The molecule has 7 nitrogen and oxygen atoms in total. The van der Waals surface area contributed by atoms with Gasteiger partial charge in [0.2, 0.25) is 5.91 Å². The van der Waals surface area contributed by atoms with E-state index in [1.807, 2.05) is 12.1 Å². The summed E-state index contributed by atoms with van der Waals surface area (Å²) in [5, 5.41) is 7.19. The zero-order chi connectivity index (χ0) is 13.2. The van der Waals surface area contributed by atoms with E-state index >= 15 is 0 Å². The van der Waals surface area contributed by atoms with Crippen molar-refractivity contribution in [3.63, 3.8) is 0 Å². The lowest BCUT2D eigenvalue weighted by atomic mass is 10.4. The number of hydrogen-bond acceptors (Lipinski definition) is 4. The first-order chi connectivity index (χ1) is 9.28. The second-order valence-electron chi connectivity index (χ2n) is 3.98. The number of fused-ring (bicyclic) bond motifs is 1. The number of carbonyl (C=O) groups excluding carboxylic acids is 1. The Morgan fingerprint density at radius 1 is 1.42 bits per heavy atom. The number of anilines is 1. The number of carbonyl (C=O) groups is 1. The van der Waals surface area contributed by atoms with Gasteiger partial charge in [-0.05, 0) is 12.1 Å². The minimum Gasteiger partial charge on any atom is -0.309 e. The molecule has 96 valence electrons. The highest BCUT2D eigenvalue weighted by molar-refractivity contribution is 5.89. The van der Waals surface area contributed by atoms with E-state index in [0.717, 1.165) is 0 Å². The Kier molecular flexibility index (Phi) is 2.71. The van der Waals surface area contributed by atoms with E-state index in [-0.39, 0.29) is 5.91 Å². The Morgan fingerprint density at radius 2 is 2.32 bits per heavy atom. The molecule has 0 spiro atoms. The van der Waals surface area contributed by atoms with Gasteiger partial charge in [-0.3, -0.25) is 9.36 Å². The Bertz CT molecular complexity index is 715. The van der Waals surface area contributed by atoms with Crippen molar-refractivity contribution in [2.24, 2.45) is 0 Å². The van der Waals surface area contributed by atoms with Crippen LogP contribution in [-0.4, -0.2) is 30.1 Å². The van der Waals surface area contributed by atoms with Gasteiger partial charge in [-0.25, -0.2) is 9.97 Å². The van der Waals surface area contributed by atoms with E-state index in [1.165, 1.54) is 0 Å². The summed E-state index contributed by atoms with van der Waals surface area (Å²) in [5.41, 5.74) is 0.676. The molecule has 3 aromatic rings. The predicted octanol–water partition coefficient (Wildman–Crippen LogP) is 1.26. The van der Waals surface area contributed by atoms with Crippen LogP contribution in [0.15, 0.2) is 37.1 Å². The molecule has 3 rings (SSSR count). The fraction of sp³-hybridized carbons (Fsp3) is 0.167. The van der Waals surface area contributed by atoms with Crippen molar-refractivity contribution in [1.29, 1.82) is 0 Å². The largest absolute Gasteiger partial charge is 0.309 e. The topological polar surface area (TPSA) is 77.1 Å². The van der Waals surface area contributed by atoms with Crippen molar-refractivity contribution < 1.29 is 4.79 Å². The molecule has 3 heterocycles. The Balaban J connectivity index is 2.05. The van der Waals surface area contributed by atoms with E-state index in [9.17, 15) is 4.79 Å². The number of nitrogens with one attached hydrogen (secondary N) is 1. The summed E-state index contributed by atoms with van der Waals surface area (Å²) in [5.74, 6) is 1.19. The number of nitrogens with zero attached hydrogens (tertiary/aromatic N) is 5. The van der Waals surface area contributed by atoms with Crippen molar-refractivity contribution in [2.45, 2.75) is 13.3 Å². The smallest absolute Gasteiger partial charge is 0.225 e. The van der Waals surface area contributed by atoms with Crippen LogP contribution in [0.3, 0.4) is 0 Å². The van der Waals surface area contributed by atoms with Gasteiger partial charge in [0.1, 0.15) is 6.33 Å². The Hall–Kier alpha value is -2.70. The van der Waals surface area contributed by atoms with E-state index in [0.29, 0.717) is 23.7 Å². The van der Waals surface area contributed by atoms with Gasteiger partial charge in [0.05, 0.1) is 6.20 Å². The van der Waals surface area contributed by atoms with Gasteiger partial charge < -0.3 is 5.32 Å². The average Bonchev–Trinajstić information content (AvgIpc) is 3.08. The lowest BCUT2D eigenvalue weighted by Gasteiger charge is -2.05. The zero-order valence-corrected chi connectivity index (χ0v) is 10.3. The summed E-state index contributed by atoms with van der Waals surface area (Å²) >= 11 is 0. The van der Waals surface area contributed by atoms with E-state index in [2.05, 4.69) is 20.4 Å². The molecule has 0 saturated carbocycles. The second kappa shape index (κ2) is 4.52. The summed E-state index contributed by atoms with van der Waals surface area (Å²) in [6.45, 7) is 1.79. The zero-order valence-electron chi connectivity index (χ0n) is 10.3. The normalized spacial score (nSPS) is 10.8. The summed E-state index contributed by atoms with van der Waals surface area (Å²) in [4.78, 5) is 19.6. The number of hydrogen-bond donors (Lipinski definition) is 1. The van der Waals surface area contributed by atoms with Crippen LogP contribution in [0.4, 0.5) is 5.82 Å². The quantitative estimate of drug-likeness (QED) is 0.765. The molecule has 0 aromatic carbocycles. The minimum atomic E-state index is -0.0726. The number of imidazole rings is 2. The highest BCUT2D eigenvalue weighted by Crippen LogP contribution is 2.12. The summed E-state index contributed by atoms with van der Waals surface area (Å²) in [7, 11) is 0. The molecule has 0 fully saturated rings. The van der Waals surface area contributed by atoms with Gasteiger partial charge >= 0.3 is 0 Å². The second-order valence-corrected chi connectivity index (χ2v) is 3.98. The summed E-state index contributed by atoms with van der Waals surface area (Å²) in [6.07, 6.45) is 7.15. The molecule has 0 aliphatic rings. The van der Waals surface area contributed by atoms with Crippen LogP contribution in [0.5, 0.6) is 0 Å². The van der Waals surface area contributed by atoms with Gasteiger partial charge in [0, 0.05) is 18.8 Å². The molecule has 0 atom stereocenters.